The molecule has 2 rings (SSSR count). The van der Waals surface area contributed by atoms with Crippen LogP contribution in [-0.4, -0.2) is 29.1 Å². The first-order valence-electron chi connectivity index (χ1n) is 6.88. The van der Waals surface area contributed by atoms with Crippen molar-refractivity contribution in [3.63, 3.8) is 0 Å². The van der Waals surface area contributed by atoms with Crippen LogP contribution >= 0.6 is 0 Å². The highest BCUT2D eigenvalue weighted by Crippen LogP contribution is 2.22. The third-order valence-electron chi connectivity index (χ3n) is 3.23. The van der Waals surface area contributed by atoms with Crippen LogP contribution in [0.5, 0.6) is 5.88 Å². The van der Waals surface area contributed by atoms with Crippen LogP contribution in [0.15, 0.2) is 36.5 Å². The molecule has 1 heterocycles. The van der Waals surface area contributed by atoms with Gasteiger partial charge in [-0.1, -0.05) is 6.07 Å². The molecule has 0 radical (unpaired) electrons. The molecule has 0 fully saturated rings. The molecule has 0 spiro atoms. The van der Waals surface area contributed by atoms with Gasteiger partial charge in [0.1, 0.15) is 11.6 Å². The molecule has 1 aromatic heterocycles. The van der Waals surface area contributed by atoms with Gasteiger partial charge >= 0.3 is 5.97 Å². The predicted octanol–water partition coefficient (Wildman–Crippen LogP) is 2.31. The number of amides is 1. The number of aromatic nitrogens is 1. The largest absolute Gasteiger partial charge is 0.481 e. The Bertz CT molecular complexity index is 750. The second-order valence-electron chi connectivity index (χ2n) is 4.88. The number of hydrogen-bond acceptors (Lipinski definition) is 4. The SMILES string of the molecule is COc1ccc(C(=O)NC(CC(=O)O)c2ccc(F)cc2F)cn1. The highest BCUT2D eigenvalue weighted by molar-refractivity contribution is 5.94. The fraction of sp³-hybridized carbons (Fsp3) is 0.188. The van der Waals surface area contributed by atoms with Crippen LogP contribution in [0, 0.1) is 11.6 Å². The Kier molecular flexibility index (Phi) is 5.41. The monoisotopic (exact) mass is 336 g/mol. The van der Waals surface area contributed by atoms with Crippen molar-refractivity contribution >= 4 is 11.9 Å². The molecule has 126 valence electrons. The van der Waals surface area contributed by atoms with Crippen LogP contribution in [0.2, 0.25) is 0 Å². The molecule has 1 unspecified atom stereocenters. The average molecular weight is 336 g/mol. The van der Waals surface area contributed by atoms with Crippen LogP contribution in [0.25, 0.3) is 0 Å². The molecule has 1 aromatic carbocycles. The summed E-state index contributed by atoms with van der Waals surface area (Å²) in [7, 11) is 1.42. The Balaban J connectivity index is 2.24. The number of carboxylic acids is 1. The zero-order valence-electron chi connectivity index (χ0n) is 12.6. The molecule has 2 N–H and O–H groups in total. The van der Waals surface area contributed by atoms with Gasteiger partial charge in [-0.3, -0.25) is 9.59 Å². The number of carbonyl (C=O) groups is 2. The van der Waals surface area contributed by atoms with E-state index in [1.165, 1.54) is 25.4 Å². The average Bonchev–Trinajstić information content (AvgIpc) is 2.54. The lowest BCUT2D eigenvalue weighted by atomic mass is 10.0. The number of nitrogens with one attached hydrogen (secondary N) is 1. The smallest absolute Gasteiger partial charge is 0.305 e. The summed E-state index contributed by atoms with van der Waals surface area (Å²) in [6.45, 7) is 0. The Morgan fingerprint density at radius 3 is 2.58 bits per heavy atom. The number of hydrogen-bond donors (Lipinski definition) is 2. The van der Waals surface area contributed by atoms with E-state index in [2.05, 4.69) is 10.3 Å². The number of halogens is 2. The highest BCUT2D eigenvalue weighted by Gasteiger charge is 2.22. The second-order valence-corrected chi connectivity index (χ2v) is 4.88. The summed E-state index contributed by atoms with van der Waals surface area (Å²) in [5, 5.41) is 11.4. The summed E-state index contributed by atoms with van der Waals surface area (Å²) in [6, 6.07) is 4.46. The summed E-state index contributed by atoms with van der Waals surface area (Å²) in [5.41, 5.74) is 0.0299. The van der Waals surface area contributed by atoms with Crippen LogP contribution in [0.4, 0.5) is 8.78 Å². The van der Waals surface area contributed by atoms with Crippen molar-refractivity contribution in [1.29, 1.82) is 0 Å². The van der Waals surface area contributed by atoms with Gasteiger partial charge in [0.25, 0.3) is 5.91 Å². The third-order valence-corrected chi connectivity index (χ3v) is 3.23. The van der Waals surface area contributed by atoms with Crippen LogP contribution in [0.3, 0.4) is 0 Å². The number of carboxylic acid groups (broad SMARTS) is 1. The summed E-state index contributed by atoms with van der Waals surface area (Å²) < 4.78 is 31.8. The summed E-state index contributed by atoms with van der Waals surface area (Å²) in [6.07, 6.45) is 0.685. The van der Waals surface area contributed by atoms with Crippen LogP contribution in [0.1, 0.15) is 28.4 Å². The minimum absolute atomic E-state index is 0.117. The molecule has 6 nitrogen and oxygen atoms in total. The van der Waals surface area contributed by atoms with E-state index in [-0.39, 0.29) is 11.1 Å². The van der Waals surface area contributed by atoms with Gasteiger partial charge in [-0.05, 0) is 12.1 Å². The number of nitrogens with zero attached hydrogens (tertiary/aromatic N) is 1. The first kappa shape index (κ1) is 17.3. The fourth-order valence-corrected chi connectivity index (χ4v) is 2.07. The lowest BCUT2D eigenvalue weighted by Gasteiger charge is -2.18. The van der Waals surface area contributed by atoms with E-state index in [4.69, 9.17) is 9.84 Å². The summed E-state index contributed by atoms with van der Waals surface area (Å²) >= 11 is 0. The Morgan fingerprint density at radius 2 is 2.04 bits per heavy atom. The van der Waals surface area contributed by atoms with E-state index < -0.39 is 36.0 Å². The topological polar surface area (TPSA) is 88.5 Å². The van der Waals surface area contributed by atoms with Gasteiger partial charge in [-0.2, -0.15) is 0 Å². The van der Waals surface area contributed by atoms with Gasteiger partial charge in [-0.25, -0.2) is 13.8 Å². The minimum Gasteiger partial charge on any atom is -0.481 e. The fourth-order valence-electron chi connectivity index (χ4n) is 2.07. The number of carbonyl (C=O) groups excluding carboxylic acids is 1. The Hall–Kier alpha value is -3.03. The van der Waals surface area contributed by atoms with Crippen LogP contribution < -0.4 is 10.1 Å². The summed E-state index contributed by atoms with van der Waals surface area (Å²) in [4.78, 5) is 27.1. The quantitative estimate of drug-likeness (QED) is 0.845. The maximum atomic E-state index is 13.9. The number of methoxy groups -OCH3 is 1. The zero-order valence-corrected chi connectivity index (χ0v) is 12.6. The van der Waals surface area contributed by atoms with E-state index in [9.17, 15) is 18.4 Å². The van der Waals surface area contributed by atoms with Crippen LogP contribution in [-0.2, 0) is 4.79 Å². The maximum absolute atomic E-state index is 13.9. The molecule has 1 atom stereocenters. The molecular formula is C16H14F2N2O4. The van der Waals surface area contributed by atoms with E-state index in [1.54, 1.807) is 0 Å². The molecule has 0 bridgehead atoms. The molecule has 0 aliphatic rings. The van der Waals surface area contributed by atoms with Crippen molar-refractivity contribution in [1.82, 2.24) is 10.3 Å². The lowest BCUT2D eigenvalue weighted by Crippen LogP contribution is -2.31. The molecular weight excluding hydrogens is 322 g/mol. The van der Waals surface area contributed by atoms with Crippen molar-refractivity contribution in [3.8, 4) is 5.88 Å². The molecule has 0 aliphatic heterocycles. The normalized spacial score (nSPS) is 11.6. The standard InChI is InChI=1S/C16H14F2N2O4/c1-24-14-5-2-9(8-19-14)16(23)20-13(7-15(21)22)11-4-3-10(17)6-12(11)18/h2-6,8,13H,7H2,1H3,(H,20,23)(H,21,22). The molecule has 1 amide bonds. The van der Waals surface area contributed by atoms with Gasteiger partial charge < -0.3 is 15.2 Å². The predicted molar refractivity (Wildman–Crippen MR) is 79.6 cm³/mol. The number of pyridine rings is 1. The van der Waals surface area contributed by atoms with E-state index in [0.717, 1.165) is 12.1 Å². The number of ether oxygens (including phenoxy) is 1. The molecule has 2 aromatic rings. The first-order chi connectivity index (χ1) is 11.4. The second kappa shape index (κ2) is 7.49. The van der Waals surface area contributed by atoms with E-state index >= 15 is 0 Å². The molecule has 0 aliphatic carbocycles. The van der Waals surface area contributed by atoms with Gasteiger partial charge in [0, 0.05) is 23.9 Å². The van der Waals surface area contributed by atoms with Crippen molar-refractivity contribution < 1.29 is 28.2 Å². The van der Waals surface area contributed by atoms with Crippen molar-refractivity contribution in [2.24, 2.45) is 0 Å². The van der Waals surface area contributed by atoms with E-state index in [1.807, 2.05) is 0 Å². The Labute approximate surface area is 136 Å². The maximum Gasteiger partial charge on any atom is 0.305 e. The number of aliphatic carboxylic acids is 1. The lowest BCUT2D eigenvalue weighted by molar-refractivity contribution is -0.137. The molecule has 24 heavy (non-hydrogen) atoms. The third kappa shape index (κ3) is 4.25. The summed E-state index contributed by atoms with van der Waals surface area (Å²) in [5.74, 6) is -3.30. The number of benzene rings is 1. The minimum atomic E-state index is -1.24. The van der Waals surface area contributed by atoms with E-state index in [0.29, 0.717) is 11.9 Å². The molecule has 0 saturated carbocycles. The van der Waals surface area contributed by atoms with Crippen molar-refractivity contribution in [2.75, 3.05) is 7.11 Å². The van der Waals surface area contributed by atoms with Crippen molar-refractivity contribution in [2.45, 2.75) is 12.5 Å². The molecule has 0 saturated heterocycles. The van der Waals surface area contributed by atoms with Gasteiger partial charge in [0.05, 0.1) is 25.1 Å². The Morgan fingerprint density at radius 1 is 1.29 bits per heavy atom. The number of rotatable bonds is 6. The first-order valence-corrected chi connectivity index (χ1v) is 6.88. The van der Waals surface area contributed by atoms with Gasteiger partial charge in [-0.15, -0.1) is 0 Å². The highest BCUT2D eigenvalue weighted by atomic mass is 19.1. The molecule has 8 heteroatoms. The van der Waals surface area contributed by atoms with Gasteiger partial charge in [0.2, 0.25) is 5.88 Å². The van der Waals surface area contributed by atoms with Crippen molar-refractivity contribution in [3.05, 3.63) is 59.3 Å². The van der Waals surface area contributed by atoms with Gasteiger partial charge in [0.15, 0.2) is 0 Å². The zero-order chi connectivity index (χ0) is 17.7.